The van der Waals surface area contributed by atoms with E-state index in [2.05, 4.69) is 25.8 Å². The highest BCUT2D eigenvalue weighted by Gasteiger charge is 2.30. The van der Waals surface area contributed by atoms with Gasteiger partial charge in [0.1, 0.15) is 0 Å². The Kier molecular flexibility index (Phi) is 2.32. The van der Waals surface area contributed by atoms with Crippen molar-refractivity contribution < 1.29 is 5.11 Å². The van der Waals surface area contributed by atoms with E-state index in [1.165, 1.54) is 0 Å². The summed E-state index contributed by atoms with van der Waals surface area (Å²) in [7, 11) is 2.06. The lowest BCUT2D eigenvalue weighted by Crippen LogP contribution is -2.22. The van der Waals surface area contributed by atoms with Gasteiger partial charge in [-0.15, -0.1) is 0 Å². The van der Waals surface area contributed by atoms with Crippen LogP contribution in [0.4, 0.5) is 0 Å². The molecule has 1 aliphatic rings. The summed E-state index contributed by atoms with van der Waals surface area (Å²) in [4.78, 5) is 2.19. The zero-order chi connectivity index (χ0) is 7.72. The molecule has 1 aliphatic heterocycles. The molecule has 1 N–H and O–H groups in total. The first-order chi connectivity index (χ1) is 4.61. The summed E-state index contributed by atoms with van der Waals surface area (Å²) in [6.45, 7) is 6.25. The summed E-state index contributed by atoms with van der Waals surface area (Å²) in [5, 5.41) is 9.49. The van der Waals surface area contributed by atoms with Crippen LogP contribution in [-0.4, -0.2) is 36.2 Å². The second-order valence-corrected chi connectivity index (χ2v) is 3.70. The topological polar surface area (TPSA) is 23.5 Å². The molecule has 0 unspecified atom stereocenters. The summed E-state index contributed by atoms with van der Waals surface area (Å²) < 4.78 is 0. The molecule has 1 fully saturated rings. The average Bonchev–Trinajstić information content (AvgIpc) is 2.10. The number of rotatable bonds is 1. The van der Waals surface area contributed by atoms with Crippen molar-refractivity contribution in [3.63, 3.8) is 0 Å². The van der Waals surface area contributed by atoms with Gasteiger partial charge < -0.3 is 10.0 Å². The van der Waals surface area contributed by atoms with Crippen molar-refractivity contribution in [2.45, 2.75) is 20.0 Å². The van der Waals surface area contributed by atoms with E-state index < -0.39 is 0 Å². The molecule has 2 atom stereocenters. The van der Waals surface area contributed by atoms with Crippen LogP contribution in [0.3, 0.4) is 0 Å². The van der Waals surface area contributed by atoms with E-state index in [0.29, 0.717) is 11.8 Å². The number of hydrogen-bond acceptors (Lipinski definition) is 2. The minimum Gasteiger partial charge on any atom is -0.391 e. The van der Waals surface area contributed by atoms with Gasteiger partial charge in [0.15, 0.2) is 0 Å². The second-order valence-electron chi connectivity index (χ2n) is 3.70. The lowest BCUT2D eigenvalue weighted by Gasteiger charge is -2.16. The molecule has 0 aliphatic carbocycles. The van der Waals surface area contributed by atoms with Crippen molar-refractivity contribution in [1.29, 1.82) is 0 Å². The largest absolute Gasteiger partial charge is 0.391 e. The molecule has 0 saturated carbocycles. The Morgan fingerprint density at radius 1 is 1.40 bits per heavy atom. The van der Waals surface area contributed by atoms with Crippen molar-refractivity contribution in [1.82, 2.24) is 4.90 Å². The van der Waals surface area contributed by atoms with E-state index in [1.807, 2.05) is 0 Å². The highest BCUT2D eigenvalue weighted by Crippen LogP contribution is 2.22. The van der Waals surface area contributed by atoms with Crippen LogP contribution in [0.2, 0.25) is 0 Å². The fourth-order valence-corrected chi connectivity index (χ4v) is 1.67. The van der Waals surface area contributed by atoms with Crippen LogP contribution in [-0.2, 0) is 0 Å². The normalized spacial score (nSPS) is 35.7. The summed E-state index contributed by atoms with van der Waals surface area (Å²) in [5.74, 6) is 1.10. The van der Waals surface area contributed by atoms with Crippen molar-refractivity contribution >= 4 is 0 Å². The molecule has 1 rings (SSSR count). The van der Waals surface area contributed by atoms with E-state index in [9.17, 15) is 5.11 Å². The maximum atomic E-state index is 9.49. The van der Waals surface area contributed by atoms with Gasteiger partial charge in [-0.1, -0.05) is 13.8 Å². The highest BCUT2D eigenvalue weighted by molar-refractivity contribution is 4.83. The Hall–Kier alpha value is -0.0800. The van der Waals surface area contributed by atoms with Crippen LogP contribution >= 0.6 is 0 Å². The van der Waals surface area contributed by atoms with Gasteiger partial charge >= 0.3 is 0 Å². The third-order valence-corrected chi connectivity index (χ3v) is 2.37. The molecule has 0 aromatic carbocycles. The van der Waals surface area contributed by atoms with Crippen LogP contribution in [0.15, 0.2) is 0 Å². The van der Waals surface area contributed by atoms with Gasteiger partial charge in [-0.3, -0.25) is 0 Å². The van der Waals surface area contributed by atoms with Gasteiger partial charge in [0.05, 0.1) is 6.10 Å². The van der Waals surface area contributed by atoms with Crippen LogP contribution in [0.5, 0.6) is 0 Å². The van der Waals surface area contributed by atoms with Crippen molar-refractivity contribution in [2.24, 2.45) is 11.8 Å². The quantitative estimate of drug-likeness (QED) is 0.580. The van der Waals surface area contributed by atoms with Gasteiger partial charge in [-0.25, -0.2) is 0 Å². The van der Waals surface area contributed by atoms with Crippen LogP contribution in [0, 0.1) is 11.8 Å². The molecule has 0 radical (unpaired) electrons. The molecule has 10 heavy (non-hydrogen) atoms. The maximum absolute atomic E-state index is 9.49. The molecular weight excluding hydrogens is 126 g/mol. The van der Waals surface area contributed by atoms with Crippen LogP contribution in [0.25, 0.3) is 0 Å². The minimum absolute atomic E-state index is 0.0926. The Labute approximate surface area is 62.8 Å². The molecule has 0 aromatic heterocycles. The zero-order valence-corrected chi connectivity index (χ0v) is 7.04. The third-order valence-electron chi connectivity index (χ3n) is 2.37. The SMILES string of the molecule is CC(C)[C@@H]1CN(C)C[C@H]1O. The molecule has 60 valence electrons. The highest BCUT2D eigenvalue weighted by atomic mass is 16.3. The fourth-order valence-electron chi connectivity index (χ4n) is 1.67. The first kappa shape index (κ1) is 8.02. The fraction of sp³-hybridized carbons (Fsp3) is 1.00. The van der Waals surface area contributed by atoms with Gasteiger partial charge in [-0.2, -0.15) is 0 Å². The number of β-amino-alcohol motifs (C(OH)–C–C–N with tert-alkyl or cyclic N) is 1. The summed E-state index contributed by atoms with van der Waals surface area (Å²) in [6, 6.07) is 0. The lowest BCUT2D eigenvalue weighted by molar-refractivity contribution is 0.121. The molecule has 1 saturated heterocycles. The Morgan fingerprint density at radius 2 is 2.00 bits per heavy atom. The standard InChI is InChI=1S/C8H17NO/c1-6(2)7-4-9(3)5-8(7)10/h6-8,10H,4-5H2,1-3H3/t7-,8+/m0/s1. The third kappa shape index (κ3) is 1.50. The number of likely N-dealkylation sites (N-methyl/N-ethyl adjacent to an activating group) is 1. The molecule has 0 spiro atoms. The average molecular weight is 143 g/mol. The molecule has 0 amide bonds. The van der Waals surface area contributed by atoms with E-state index >= 15 is 0 Å². The Bertz CT molecular complexity index is 114. The van der Waals surface area contributed by atoms with Crippen molar-refractivity contribution in [3.05, 3.63) is 0 Å². The van der Waals surface area contributed by atoms with E-state index in [1.54, 1.807) is 0 Å². The van der Waals surface area contributed by atoms with E-state index in [-0.39, 0.29) is 6.10 Å². The number of aliphatic hydroxyl groups is 1. The monoisotopic (exact) mass is 143 g/mol. The summed E-state index contributed by atoms with van der Waals surface area (Å²) in [6.07, 6.45) is -0.0926. The second kappa shape index (κ2) is 2.89. The summed E-state index contributed by atoms with van der Waals surface area (Å²) >= 11 is 0. The molecule has 0 aromatic rings. The first-order valence-electron chi connectivity index (χ1n) is 3.98. The van der Waals surface area contributed by atoms with E-state index in [0.717, 1.165) is 13.1 Å². The Morgan fingerprint density at radius 3 is 2.20 bits per heavy atom. The smallest absolute Gasteiger partial charge is 0.0709 e. The predicted octanol–water partition coefficient (Wildman–Crippen LogP) is 0.565. The van der Waals surface area contributed by atoms with Crippen molar-refractivity contribution in [3.8, 4) is 0 Å². The van der Waals surface area contributed by atoms with Gasteiger partial charge in [0.25, 0.3) is 0 Å². The number of nitrogens with zero attached hydrogens (tertiary/aromatic N) is 1. The lowest BCUT2D eigenvalue weighted by atomic mass is 9.93. The summed E-state index contributed by atoms with van der Waals surface area (Å²) in [5.41, 5.74) is 0. The Balaban J connectivity index is 2.46. The first-order valence-corrected chi connectivity index (χ1v) is 3.98. The molecule has 1 heterocycles. The van der Waals surface area contributed by atoms with Crippen LogP contribution < -0.4 is 0 Å². The van der Waals surface area contributed by atoms with E-state index in [4.69, 9.17) is 0 Å². The minimum atomic E-state index is -0.0926. The van der Waals surface area contributed by atoms with Crippen molar-refractivity contribution in [2.75, 3.05) is 20.1 Å². The van der Waals surface area contributed by atoms with Gasteiger partial charge in [0, 0.05) is 19.0 Å². The molecule has 0 bridgehead atoms. The van der Waals surface area contributed by atoms with Crippen LogP contribution in [0.1, 0.15) is 13.8 Å². The molecule has 2 heteroatoms. The maximum Gasteiger partial charge on any atom is 0.0709 e. The number of aliphatic hydroxyl groups excluding tert-OH is 1. The van der Waals surface area contributed by atoms with Gasteiger partial charge in [0.2, 0.25) is 0 Å². The van der Waals surface area contributed by atoms with Gasteiger partial charge in [-0.05, 0) is 13.0 Å². The predicted molar refractivity (Wildman–Crippen MR) is 41.8 cm³/mol. The zero-order valence-electron chi connectivity index (χ0n) is 7.04. The molecular formula is C8H17NO. The number of hydrogen-bond donors (Lipinski definition) is 1. The molecule has 2 nitrogen and oxygen atoms in total. The number of likely N-dealkylation sites (tertiary alicyclic amines) is 1.